The number of hydrogen-bond donors (Lipinski definition) is 1. The number of nitrogens with zero attached hydrogens (tertiary/aromatic N) is 2. The summed E-state index contributed by atoms with van der Waals surface area (Å²) >= 11 is 0. The van der Waals surface area contributed by atoms with Gasteiger partial charge in [0.1, 0.15) is 0 Å². The van der Waals surface area contributed by atoms with Gasteiger partial charge in [-0.2, -0.15) is 0 Å². The van der Waals surface area contributed by atoms with Crippen molar-refractivity contribution in [2.75, 3.05) is 52.5 Å². The molecule has 3 aliphatic rings. The summed E-state index contributed by atoms with van der Waals surface area (Å²) in [7, 11) is 0. The minimum absolute atomic E-state index is 0.196. The van der Waals surface area contributed by atoms with Crippen molar-refractivity contribution in [3.05, 3.63) is 0 Å². The molecule has 0 bridgehead atoms. The zero-order valence-corrected chi connectivity index (χ0v) is 14.5. The van der Waals surface area contributed by atoms with Gasteiger partial charge < -0.3 is 14.7 Å². The SMILES string of the molecule is CC1(CCC(=O)N2CC(CO)CC(CN3CCOCC3)C2)CC1. The predicted molar refractivity (Wildman–Crippen MR) is 89.1 cm³/mol. The lowest BCUT2D eigenvalue weighted by atomic mass is 9.88. The number of hydrogen-bond acceptors (Lipinski definition) is 4. The summed E-state index contributed by atoms with van der Waals surface area (Å²) in [5.41, 5.74) is 0.440. The fraction of sp³-hybridized carbons (Fsp3) is 0.944. The summed E-state index contributed by atoms with van der Waals surface area (Å²) < 4.78 is 5.41. The highest BCUT2D eigenvalue weighted by Crippen LogP contribution is 2.49. The first-order chi connectivity index (χ1) is 11.1. The van der Waals surface area contributed by atoms with Crippen LogP contribution in [0.3, 0.4) is 0 Å². The third-order valence-corrected chi connectivity index (χ3v) is 5.90. The van der Waals surface area contributed by atoms with Crippen molar-refractivity contribution in [2.45, 2.75) is 39.0 Å². The molecule has 1 N–H and O–H groups in total. The molecule has 0 aromatic carbocycles. The van der Waals surface area contributed by atoms with Crippen LogP contribution < -0.4 is 0 Å². The molecule has 5 heteroatoms. The lowest BCUT2D eigenvalue weighted by Crippen LogP contribution is -2.49. The maximum atomic E-state index is 12.6. The molecule has 132 valence electrons. The topological polar surface area (TPSA) is 53.0 Å². The largest absolute Gasteiger partial charge is 0.396 e. The lowest BCUT2D eigenvalue weighted by Gasteiger charge is -2.40. The van der Waals surface area contributed by atoms with Gasteiger partial charge in [0.15, 0.2) is 0 Å². The highest BCUT2D eigenvalue weighted by molar-refractivity contribution is 5.76. The van der Waals surface area contributed by atoms with E-state index in [-0.39, 0.29) is 12.5 Å². The zero-order chi connectivity index (χ0) is 16.3. The molecule has 1 aliphatic carbocycles. The van der Waals surface area contributed by atoms with Gasteiger partial charge >= 0.3 is 0 Å². The Morgan fingerprint density at radius 2 is 1.91 bits per heavy atom. The van der Waals surface area contributed by atoms with E-state index in [0.717, 1.165) is 58.8 Å². The van der Waals surface area contributed by atoms with Crippen LogP contribution in [-0.2, 0) is 9.53 Å². The van der Waals surface area contributed by atoms with Gasteiger partial charge in [0.2, 0.25) is 5.91 Å². The first-order valence-corrected chi connectivity index (χ1v) is 9.27. The molecule has 23 heavy (non-hydrogen) atoms. The average Bonchev–Trinajstić information content (AvgIpc) is 3.31. The van der Waals surface area contributed by atoms with Gasteiger partial charge in [-0.25, -0.2) is 0 Å². The monoisotopic (exact) mass is 324 g/mol. The Kier molecular flexibility index (Phi) is 5.60. The Morgan fingerprint density at radius 1 is 1.22 bits per heavy atom. The second-order valence-corrected chi connectivity index (χ2v) is 8.17. The molecule has 3 fully saturated rings. The number of aliphatic hydroxyl groups is 1. The molecular weight excluding hydrogens is 292 g/mol. The highest BCUT2D eigenvalue weighted by Gasteiger charge is 2.38. The number of piperidine rings is 1. The quantitative estimate of drug-likeness (QED) is 0.801. The summed E-state index contributed by atoms with van der Waals surface area (Å²) in [5.74, 6) is 1.03. The molecular formula is C18H32N2O3. The van der Waals surface area contributed by atoms with E-state index in [1.54, 1.807) is 0 Å². The number of rotatable bonds is 6. The van der Waals surface area contributed by atoms with Gasteiger partial charge in [-0.3, -0.25) is 9.69 Å². The van der Waals surface area contributed by atoms with Crippen molar-refractivity contribution in [1.29, 1.82) is 0 Å². The lowest BCUT2D eigenvalue weighted by molar-refractivity contribution is -0.135. The van der Waals surface area contributed by atoms with Crippen LogP contribution in [0.2, 0.25) is 0 Å². The molecule has 3 rings (SSSR count). The van der Waals surface area contributed by atoms with E-state index in [1.165, 1.54) is 12.8 Å². The first kappa shape index (κ1) is 17.2. The van der Waals surface area contributed by atoms with E-state index in [9.17, 15) is 9.90 Å². The van der Waals surface area contributed by atoms with E-state index in [0.29, 0.717) is 23.7 Å². The molecule has 0 radical (unpaired) electrons. The average molecular weight is 324 g/mol. The standard InChI is InChI=1S/C18H32N2O3/c1-18(4-5-18)3-2-17(22)20-12-15(10-16(13-20)14-21)11-19-6-8-23-9-7-19/h15-16,21H,2-14H2,1H3. The van der Waals surface area contributed by atoms with Crippen molar-refractivity contribution in [1.82, 2.24) is 9.80 Å². The second kappa shape index (κ2) is 7.49. The number of carbonyl (C=O) groups is 1. The van der Waals surface area contributed by atoms with Gasteiger partial charge in [-0.15, -0.1) is 0 Å². The van der Waals surface area contributed by atoms with Gasteiger partial charge in [0.05, 0.1) is 13.2 Å². The molecule has 2 saturated heterocycles. The molecule has 0 aromatic heterocycles. The number of amides is 1. The zero-order valence-electron chi connectivity index (χ0n) is 14.5. The van der Waals surface area contributed by atoms with Crippen LogP contribution >= 0.6 is 0 Å². The normalized spacial score (nSPS) is 31.1. The maximum Gasteiger partial charge on any atom is 0.222 e. The molecule has 2 atom stereocenters. The van der Waals surface area contributed by atoms with Crippen molar-refractivity contribution in [2.24, 2.45) is 17.3 Å². The summed E-state index contributed by atoms with van der Waals surface area (Å²) in [4.78, 5) is 17.1. The molecule has 1 saturated carbocycles. The number of morpholine rings is 1. The number of likely N-dealkylation sites (tertiary alicyclic amines) is 1. The van der Waals surface area contributed by atoms with E-state index in [2.05, 4.69) is 11.8 Å². The summed E-state index contributed by atoms with van der Waals surface area (Å²) in [6.45, 7) is 8.74. The number of carbonyl (C=O) groups excluding carboxylic acids is 1. The van der Waals surface area contributed by atoms with E-state index in [4.69, 9.17) is 4.74 Å². The van der Waals surface area contributed by atoms with Crippen molar-refractivity contribution >= 4 is 5.91 Å². The number of ether oxygens (including phenoxy) is 1. The van der Waals surface area contributed by atoms with Crippen molar-refractivity contribution < 1.29 is 14.6 Å². The number of aliphatic hydroxyl groups excluding tert-OH is 1. The Labute approximate surface area is 140 Å². The predicted octanol–water partition coefficient (Wildman–Crippen LogP) is 1.36. The Bertz CT molecular complexity index is 405. The van der Waals surface area contributed by atoms with Crippen LogP contribution in [0.15, 0.2) is 0 Å². The van der Waals surface area contributed by atoms with Gasteiger partial charge in [0.25, 0.3) is 0 Å². The van der Waals surface area contributed by atoms with Crippen molar-refractivity contribution in [3.63, 3.8) is 0 Å². The Morgan fingerprint density at radius 3 is 2.57 bits per heavy atom. The molecule has 1 amide bonds. The van der Waals surface area contributed by atoms with Crippen LogP contribution in [0, 0.1) is 17.3 Å². The van der Waals surface area contributed by atoms with E-state index in [1.807, 2.05) is 4.90 Å². The molecule has 2 unspecified atom stereocenters. The molecule has 2 aliphatic heterocycles. The summed E-state index contributed by atoms with van der Waals surface area (Å²) in [6.07, 6.45) is 5.30. The second-order valence-electron chi connectivity index (χ2n) is 8.17. The molecule has 0 aromatic rings. The third-order valence-electron chi connectivity index (χ3n) is 5.90. The minimum Gasteiger partial charge on any atom is -0.396 e. The third kappa shape index (κ3) is 4.91. The Balaban J connectivity index is 1.51. The minimum atomic E-state index is 0.196. The summed E-state index contributed by atoms with van der Waals surface area (Å²) in [6, 6.07) is 0. The smallest absolute Gasteiger partial charge is 0.222 e. The van der Waals surface area contributed by atoms with Gasteiger partial charge in [-0.05, 0) is 42.9 Å². The van der Waals surface area contributed by atoms with E-state index >= 15 is 0 Å². The van der Waals surface area contributed by atoms with Gasteiger partial charge in [-0.1, -0.05) is 6.92 Å². The Hall–Kier alpha value is -0.650. The van der Waals surface area contributed by atoms with Gasteiger partial charge in [0, 0.05) is 45.8 Å². The van der Waals surface area contributed by atoms with Crippen LogP contribution in [0.5, 0.6) is 0 Å². The van der Waals surface area contributed by atoms with Crippen LogP contribution in [-0.4, -0.2) is 73.4 Å². The summed E-state index contributed by atoms with van der Waals surface area (Å²) in [5, 5.41) is 9.61. The first-order valence-electron chi connectivity index (χ1n) is 9.27. The van der Waals surface area contributed by atoms with Crippen molar-refractivity contribution in [3.8, 4) is 0 Å². The fourth-order valence-corrected chi connectivity index (χ4v) is 3.97. The molecule has 0 spiro atoms. The van der Waals surface area contributed by atoms with Crippen LogP contribution in [0.1, 0.15) is 39.0 Å². The van der Waals surface area contributed by atoms with Crippen LogP contribution in [0.4, 0.5) is 0 Å². The molecule has 5 nitrogen and oxygen atoms in total. The molecule has 2 heterocycles. The van der Waals surface area contributed by atoms with E-state index < -0.39 is 0 Å². The van der Waals surface area contributed by atoms with Crippen LogP contribution in [0.25, 0.3) is 0 Å². The fourth-order valence-electron chi connectivity index (χ4n) is 3.97. The maximum absolute atomic E-state index is 12.6. The highest BCUT2D eigenvalue weighted by atomic mass is 16.5.